The van der Waals surface area contributed by atoms with Crippen molar-refractivity contribution in [2.75, 3.05) is 6.54 Å². The van der Waals surface area contributed by atoms with E-state index in [1.807, 2.05) is 44.2 Å². The minimum absolute atomic E-state index is 0.0764. The molecule has 0 unspecified atom stereocenters. The molecule has 128 valence electrons. The van der Waals surface area contributed by atoms with E-state index in [9.17, 15) is 9.18 Å². The lowest BCUT2D eigenvalue weighted by molar-refractivity contribution is 0.0954. The van der Waals surface area contributed by atoms with Gasteiger partial charge in [-0.1, -0.05) is 29.8 Å². The Morgan fingerprint density at radius 2 is 1.92 bits per heavy atom. The van der Waals surface area contributed by atoms with Crippen LogP contribution in [0.3, 0.4) is 0 Å². The molecule has 0 aliphatic rings. The maximum Gasteiger partial charge on any atom is 0.251 e. The molecule has 0 fully saturated rings. The molecule has 0 aliphatic carbocycles. The van der Waals surface area contributed by atoms with Crippen LogP contribution in [0.2, 0.25) is 0 Å². The number of carbonyl (C=O) groups excluding carboxylic acids is 1. The average molecular weight is 354 g/mol. The van der Waals surface area contributed by atoms with Gasteiger partial charge < -0.3 is 5.32 Å². The van der Waals surface area contributed by atoms with Gasteiger partial charge >= 0.3 is 0 Å². The van der Waals surface area contributed by atoms with Crippen molar-refractivity contribution in [3.8, 4) is 10.6 Å². The first kappa shape index (κ1) is 17.3. The monoisotopic (exact) mass is 354 g/mol. The summed E-state index contributed by atoms with van der Waals surface area (Å²) in [5.74, 6) is -0.343. The predicted molar refractivity (Wildman–Crippen MR) is 99.5 cm³/mol. The van der Waals surface area contributed by atoms with Crippen LogP contribution in [0.1, 0.15) is 26.5 Å². The zero-order valence-corrected chi connectivity index (χ0v) is 15.0. The van der Waals surface area contributed by atoms with Crippen LogP contribution >= 0.6 is 11.3 Å². The zero-order chi connectivity index (χ0) is 17.8. The quantitative estimate of drug-likeness (QED) is 0.731. The van der Waals surface area contributed by atoms with Crippen molar-refractivity contribution in [2.45, 2.75) is 20.3 Å². The molecule has 3 rings (SSSR count). The molecule has 0 spiro atoms. The normalized spacial score (nSPS) is 10.7. The van der Waals surface area contributed by atoms with Gasteiger partial charge in [0.1, 0.15) is 10.8 Å². The van der Waals surface area contributed by atoms with E-state index in [0.717, 1.165) is 26.7 Å². The van der Waals surface area contributed by atoms with Gasteiger partial charge in [-0.2, -0.15) is 0 Å². The molecule has 1 N–H and O–H groups in total. The Morgan fingerprint density at radius 1 is 1.16 bits per heavy atom. The molecule has 25 heavy (non-hydrogen) atoms. The molecular weight excluding hydrogens is 335 g/mol. The number of hydrogen-bond donors (Lipinski definition) is 1. The molecule has 0 saturated carbocycles. The van der Waals surface area contributed by atoms with E-state index in [0.29, 0.717) is 18.5 Å². The fourth-order valence-electron chi connectivity index (χ4n) is 2.50. The van der Waals surface area contributed by atoms with Gasteiger partial charge in [0, 0.05) is 29.0 Å². The fourth-order valence-corrected chi connectivity index (χ4v) is 3.56. The summed E-state index contributed by atoms with van der Waals surface area (Å²) in [5, 5.41) is 3.73. The van der Waals surface area contributed by atoms with E-state index in [-0.39, 0.29) is 11.7 Å². The summed E-state index contributed by atoms with van der Waals surface area (Å²) in [5.41, 5.74) is 3.49. The lowest BCUT2D eigenvalue weighted by atomic mass is 10.1. The Morgan fingerprint density at radius 3 is 2.64 bits per heavy atom. The first-order valence-corrected chi connectivity index (χ1v) is 8.91. The second kappa shape index (κ2) is 7.57. The van der Waals surface area contributed by atoms with Gasteiger partial charge in [-0.3, -0.25) is 4.79 Å². The second-order valence-electron chi connectivity index (χ2n) is 5.91. The molecule has 0 radical (unpaired) electrons. The third kappa shape index (κ3) is 4.31. The number of aromatic nitrogens is 1. The Balaban J connectivity index is 1.62. The molecule has 0 aliphatic heterocycles. The number of halogens is 1. The van der Waals surface area contributed by atoms with Gasteiger partial charge in [0.2, 0.25) is 0 Å². The van der Waals surface area contributed by atoms with Gasteiger partial charge in [-0.15, -0.1) is 11.3 Å². The molecule has 1 aromatic heterocycles. The van der Waals surface area contributed by atoms with Crippen molar-refractivity contribution in [3.63, 3.8) is 0 Å². The SMILES string of the molecule is Cc1ccc(C(=O)NCCc2sc(-c3cccc(F)c3)nc2C)cc1. The first-order chi connectivity index (χ1) is 12.0. The van der Waals surface area contributed by atoms with Crippen LogP contribution in [0.25, 0.3) is 10.6 Å². The Labute approximate surface area is 150 Å². The van der Waals surface area contributed by atoms with Gasteiger partial charge in [0.05, 0.1) is 5.69 Å². The van der Waals surface area contributed by atoms with Crippen LogP contribution in [-0.2, 0) is 6.42 Å². The number of aryl methyl sites for hydroxylation is 2. The maximum absolute atomic E-state index is 13.4. The molecule has 3 aromatic rings. The number of thiazole rings is 1. The van der Waals surface area contributed by atoms with Crippen molar-refractivity contribution in [2.24, 2.45) is 0 Å². The smallest absolute Gasteiger partial charge is 0.251 e. The Kier molecular flexibility index (Phi) is 5.24. The molecule has 5 heteroatoms. The highest BCUT2D eigenvalue weighted by Crippen LogP contribution is 2.28. The van der Waals surface area contributed by atoms with Crippen LogP contribution in [0.5, 0.6) is 0 Å². The molecular formula is C20H19FN2OS. The van der Waals surface area contributed by atoms with Crippen molar-refractivity contribution in [3.05, 3.63) is 76.0 Å². The number of carbonyl (C=O) groups is 1. The number of amides is 1. The first-order valence-electron chi connectivity index (χ1n) is 8.10. The van der Waals surface area contributed by atoms with Crippen molar-refractivity contribution >= 4 is 17.2 Å². The van der Waals surface area contributed by atoms with E-state index in [4.69, 9.17) is 0 Å². The van der Waals surface area contributed by atoms with Crippen molar-refractivity contribution < 1.29 is 9.18 Å². The average Bonchev–Trinajstić information content (AvgIpc) is 2.96. The standard InChI is InChI=1S/C20H19FN2OS/c1-13-6-8-15(9-7-13)19(24)22-11-10-18-14(2)23-20(25-18)16-4-3-5-17(21)12-16/h3-9,12H,10-11H2,1-2H3,(H,22,24). The summed E-state index contributed by atoms with van der Waals surface area (Å²) in [6.07, 6.45) is 0.705. The number of nitrogens with one attached hydrogen (secondary N) is 1. The molecule has 1 amide bonds. The summed E-state index contributed by atoms with van der Waals surface area (Å²) in [7, 11) is 0. The molecule has 3 nitrogen and oxygen atoms in total. The van der Waals surface area contributed by atoms with Crippen LogP contribution in [-0.4, -0.2) is 17.4 Å². The van der Waals surface area contributed by atoms with Crippen LogP contribution < -0.4 is 5.32 Å². The van der Waals surface area contributed by atoms with Crippen LogP contribution in [0.4, 0.5) is 4.39 Å². The van der Waals surface area contributed by atoms with Crippen molar-refractivity contribution in [1.82, 2.24) is 10.3 Å². The van der Waals surface area contributed by atoms with Crippen molar-refractivity contribution in [1.29, 1.82) is 0 Å². The lowest BCUT2D eigenvalue weighted by Gasteiger charge is -2.05. The van der Waals surface area contributed by atoms with Gasteiger partial charge in [-0.25, -0.2) is 9.37 Å². The molecule has 0 atom stereocenters. The Hall–Kier alpha value is -2.53. The number of hydrogen-bond acceptors (Lipinski definition) is 3. The minimum atomic E-state index is -0.266. The Bertz CT molecular complexity index is 887. The largest absolute Gasteiger partial charge is 0.352 e. The molecule has 0 saturated heterocycles. The predicted octanol–water partition coefficient (Wildman–Crippen LogP) is 4.54. The summed E-state index contributed by atoms with van der Waals surface area (Å²) in [4.78, 5) is 17.8. The van der Waals surface area contributed by atoms with Crippen LogP contribution in [0.15, 0.2) is 48.5 Å². The van der Waals surface area contributed by atoms with E-state index < -0.39 is 0 Å². The highest BCUT2D eigenvalue weighted by atomic mass is 32.1. The highest BCUT2D eigenvalue weighted by molar-refractivity contribution is 7.15. The topological polar surface area (TPSA) is 42.0 Å². The lowest BCUT2D eigenvalue weighted by Crippen LogP contribution is -2.25. The summed E-state index contributed by atoms with van der Waals surface area (Å²) in [6, 6.07) is 13.9. The molecule has 1 heterocycles. The maximum atomic E-state index is 13.4. The minimum Gasteiger partial charge on any atom is -0.352 e. The third-order valence-corrected chi connectivity index (χ3v) is 5.18. The summed E-state index contributed by atoms with van der Waals surface area (Å²) < 4.78 is 13.4. The van der Waals surface area contributed by atoms with E-state index >= 15 is 0 Å². The van der Waals surface area contributed by atoms with E-state index in [1.165, 1.54) is 12.1 Å². The molecule has 0 bridgehead atoms. The number of benzene rings is 2. The molecule has 2 aromatic carbocycles. The zero-order valence-electron chi connectivity index (χ0n) is 14.2. The highest BCUT2D eigenvalue weighted by Gasteiger charge is 2.11. The summed E-state index contributed by atoms with van der Waals surface area (Å²) in [6.45, 7) is 4.47. The van der Waals surface area contributed by atoms with E-state index in [2.05, 4.69) is 10.3 Å². The number of rotatable bonds is 5. The van der Waals surface area contributed by atoms with Crippen LogP contribution in [0, 0.1) is 19.7 Å². The fraction of sp³-hybridized carbons (Fsp3) is 0.200. The van der Waals surface area contributed by atoms with Gasteiger partial charge in [0.25, 0.3) is 5.91 Å². The third-order valence-electron chi connectivity index (χ3n) is 3.92. The number of nitrogens with zero attached hydrogens (tertiary/aromatic N) is 1. The van der Waals surface area contributed by atoms with Gasteiger partial charge in [0.15, 0.2) is 0 Å². The van der Waals surface area contributed by atoms with Gasteiger partial charge in [-0.05, 0) is 38.1 Å². The summed E-state index contributed by atoms with van der Waals surface area (Å²) >= 11 is 1.54. The van der Waals surface area contributed by atoms with E-state index in [1.54, 1.807) is 17.4 Å². The second-order valence-corrected chi connectivity index (χ2v) is 6.99.